The Kier molecular flexibility index (Phi) is 7.34. The Bertz CT molecular complexity index is 209. The molecular formula is C9H12BO2. The van der Waals surface area contributed by atoms with Crippen LogP contribution in [0, 0.1) is 0 Å². The maximum atomic E-state index is 7.00. The van der Waals surface area contributed by atoms with Gasteiger partial charge in [0.1, 0.15) is 0 Å². The molecule has 2 N–H and O–H groups in total. The van der Waals surface area contributed by atoms with E-state index in [2.05, 4.69) is 18.2 Å². The molecule has 0 aliphatic heterocycles. The zero-order valence-electron chi connectivity index (χ0n) is 7.01. The van der Waals surface area contributed by atoms with Crippen molar-refractivity contribution in [2.45, 2.75) is 6.92 Å². The van der Waals surface area contributed by atoms with Gasteiger partial charge < -0.3 is 10.0 Å². The monoisotopic (exact) mass is 163 g/mol. The van der Waals surface area contributed by atoms with Crippen LogP contribution in [0.4, 0.5) is 0 Å². The van der Waals surface area contributed by atoms with Crippen LogP contribution in [0.5, 0.6) is 0 Å². The Morgan fingerprint density at radius 3 is 2.08 bits per heavy atom. The third kappa shape index (κ3) is 5.71. The van der Waals surface area contributed by atoms with Gasteiger partial charge in [-0.15, -0.1) is 0 Å². The van der Waals surface area contributed by atoms with Gasteiger partial charge >= 0.3 is 7.69 Å². The van der Waals surface area contributed by atoms with Crippen molar-refractivity contribution < 1.29 is 10.0 Å². The molecule has 0 aromatic heterocycles. The highest BCUT2D eigenvalue weighted by Gasteiger charge is 1.77. The van der Waals surface area contributed by atoms with E-state index in [1.165, 1.54) is 5.56 Å². The predicted molar refractivity (Wildman–Crippen MR) is 51.3 cm³/mol. The second kappa shape index (κ2) is 8.05. The number of rotatable bonds is 1. The van der Waals surface area contributed by atoms with Crippen molar-refractivity contribution in [3.05, 3.63) is 42.0 Å². The molecule has 1 aromatic carbocycles. The highest BCUT2D eigenvalue weighted by atomic mass is 16.4. The average molecular weight is 163 g/mol. The smallest absolute Gasteiger partial charge is 0.429 e. The Hall–Kier alpha value is -1.06. The first-order valence-electron chi connectivity index (χ1n) is 3.63. The van der Waals surface area contributed by atoms with E-state index in [9.17, 15) is 0 Å². The Morgan fingerprint density at radius 1 is 1.17 bits per heavy atom. The zero-order chi connectivity index (χ0) is 9.23. The third-order valence-corrected chi connectivity index (χ3v) is 1.16. The van der Waals surface area contributed by atoms with Crippen molar-refractivity contribution >= 4 is 13.8 Å². The molecule has 1 rings (SSSR count). The lowest BCUT2D eigenvalue weighted by Gasteiger charge is -1.86. The molecule has 0 fully saturated rings. The first-order chi connectivity index (χ1) is 5.85. The molecule has 0 saturated heterocycles. The van der Waals surface area contributed by atoms with Crippen LogP contribution >= 0.6 is 0 Å². The van der Waals surface area contributed by atoms with Crippen LogP contribution in [0.25, 0.3) is 6.08 Å². The standard InChI is InChI=1S/C9H10.BH2O2/c1-2-6-9-7-4-3-5-8-9;2-1-3/h2-8H,1H3;2-3H. The maximum Gasteiger partial charge on any atom is 0.482 e. The summed E-state index contributed by atoms with van der Waals surface area (Å²) in [6.07, 6.45) is 4.12. The summed E-state index contributed by atoms with van der Waals surface area (Å²) in [5.41, 5.74) is 1.26. The number of allylic oxidation sites excluding steroid dienone is 1. The van der Waals surface area contributed by atoms with Crippen LogP contribution in [-0.2, 0) is 0 Å². The molecule has 0 atom stereocenters. The Morgan fingerprint density at radius 2 is 1.67 bits per heavy atom. The van der Waals surface area contributed by atoms with E-state index < -0.39 is 0 Å². The van der Waals surface area contributed by atoms with Gasteiger partial charge in [-0.2, -0.15) is 0 Å². The van der Waals surface area contributed by atoms with E-state index in [-0.39, 0.29) is 7.69 Å². The summed E-state index contributed by atoms with van der Waals surface area (Å²) < 4.78 is 0. The van der Waals surface area contributed by atoms with Crippen molar-refractivity contribution in [2.24, 2.45) is 0 Å². The van der Waals surface area contributed by atoms with E-state index in [0.29, 0.717) is 0 Å². The summed E-state index contributed by atoms with van der Waals surface area (Å²) in [4.78, 5) is 0. The quantitative estimate of drug-likeness (QED) is 0.611. The average Bonchev–Trinajstić information content (AvgIpc) is 2.08. The molecule has 0 aliphatic carbocycles. The summed E-state index contributed by atoms with van der Waals surface area (Å²) >= 11 is 0. The zero-order valence-corrected chi connectivity index (χ0v) is 7.01. The van der Waals surface area contributed by atoms with E-state index in [1.54, 1.807) is 0 Å². The van der Waals surface area contributed by atoms with Gasteiger partial charge in [-0.3, -0.25) is 0 Å². The van der Waals surface area contributed by atoms with E-state index in [4.69, 9.17) is 10.0 Å². The van der Waals surface area contributed by atoms with Crippen LogP contribution < -0.4 is 0 Å². The number of hydrogen-bond donors (Lipinski definition) is 2. The predicted octanol–water partition coefficient (Wildman–Crippen LogP) is 1.22. The fraction of sp³-hybridized carbons (Fsp3) is 0.111. The van der Waals surface area contributed by atoms with Gasteiger partial charge in [0.25, 0.3) is 0 Å². The van der Waals surface area contributed by atoms with Gasteiger partial charge in [0.2, 0.25) is 0 Å². The summed E-state index contributed by atoms with van der Waals surface area (Å²) in [6, 6.07) is 10.3. The molecule has 0 unspecified atom stereocenters. The summed E-state index contributed by atoms with van der Waals surface area (Å²) in [5, 5.41) is 14.0. The maximum absolute atomic E-state index is 7.00. The number of hydrogen-bond acceptors (Lipinski definition) is 2. The molecule has 12 heavy (non-hydrogen) atoms. The molecule has 1 radical (unpaired) electrons. The van der Waals surface area contributed by atoms with E-state index >= 15 is 0 Å². The first kappa shape index (κ1) is 10.9. The molecule has 0 heterocycles. The van der Waals surface area contributed by atoms with Gasteiger partial charge in [-0.25, -0.2) is 0 Å². The van der Waals surface area contributed by atoms with Crippen LogP contribution in [0.1, 0.15) is 12.5 Å². The lowest BCUT2D eigenvalue weighted by Crippen LogP contribution is -1.75. The van der Waals surface area contributed by atoms with Gasteiger partial charge in [0, 0.05) is 0 Å². The molecule has 0 saturated carbocycles. The second-order valence-electron chi connectivity index (χ2n) is 2.03. The largest absolute Gasteiger partial charge is 0.482 e. The van der Waals surface area contributed by atoms with Crippen molar-refractivity contribution in [3.63, 3.8) is 0 Å². The fourth-order valence-corrected chi connectivity index (χ4v) is 0.757. The first-order valence-corrected chi connectivity index (χ1v) is 3.63. The lowest BCUT2D eigenvalue weighted by molar-refractivity contribution is 0.448. The summed E-state index contributed by atoms with van der Waals surface area (Å²) in [7, 11) is 0. The van der Waals surface area contributed by atoms with Gasteiger partial charge in [-0.1, -0.05) is 42.5 Å². The van der Waals surface area contributed by atoms with Crippen LogP contribution in [0.2, 0.25) is 0 Å². The van der Waals surface area contributed by atoms with Crippen LogP contribution in [0.3, 0.4) is 0 Å². The molecule has 0 spiro atoms. The van der Waals surface area contributed by atoms with Gasteiger partial charge in [-0.05, 0) is 12.5 Å². The lowest BCUT2D eigenvalue weighted by atomic mass is 10.2. The summed E-state index contributed by atoms with van der Waals surface area (Å²) in [5.74, 6) is 0. The van der Waals surface area contributed by atoms with Crippen molar-refractivity contribution in [1.82, 2.24) is 0 Å². The minimum atomic E-state index is 0. The van der Waals surface area contributed by atoms with Crippen molar-refractivity contribution in [3.8, 4) is 0 Å². The fourth-order valence-electron chi connectivity index (χ4n) is 0.757. The molecule has 0 aliphatic rings. The van der Waals surface area contributed by atoms with E-state index in [0.717, 1.165) is 0 Å². The third-order valence-electron chi connectivity index (χ3n) is 1.16. The van der Waals surface area contributed by atoms with Crippen LogP contribution in [-0.4, -0.2) is 17.7 Å². The van der Waals surface area contributed by atoms with Gasteiger partial charge in [0.15, 0.2) is 0 Å². The Balaban J connectivity index is 0.000000354. The number of benzene rings is 1. The van der Waals surface area contributed by atoms with Crippen molar-refractivity contribution in [1.29, 1.82) is 0 Å². The highest BCUT2D eigenvalue weighted by molar-refractivity contribution is 6.13. The molecule has 3 heteroatoms. The van der Waals surface area contributed by atoms with Crippen molar-refractivity contribution in [2.75, 3.05) is 0 Å². The topological polar surface area (TPSA) is 40.5 Å². The Labute approximate surface area is 73.5 Å². The minimum absolute atomic E-state index is 0. The van der Waals surface area contributed by atoms with Gasteiger partial charge in [0.05, 0.1) is 0 Å². The van der Waals surface area contributed by atoms with Crippen LogP contribution in [0.15, 0.2) is 36.4 Å². The molecule has 0 amide bonds. The van der Waals surface area contributed by atoms with E-state index in [1.807, 2.05) is 31.2 Å². The molecule has 0 bridgehead atoms. The minimum Gasteiger partial charge on any atom is -0.429 e. The molecule has 1 aromatic rings. The summed E-state index contributed by atoms with van der Waals surface area (Å²) in [6.45, 7) is 2.02. The second-order valence-corrected chi connectivity index (χ2v) is 2.03. The molecular weight excluding hydrogens is 151 g/mol. The SMILES string of the molecule is CC=Cc1ccccc1.O[B]O. The highest BCUT2D eigenvalue weighted by Crippen LogP contribution is 1.99. The molecule has 2 nitrogen and oxygen atoms in total. The normalized spacial score (nSPS) is 8.92. The molecule has 63 valence electrons.